The molecule has 2 aromatic heterocycles. The number of hydrogen-bond acceptors (Lipinski definition) is 3. The number of fused-ring (bicyclic) bond motifs is 1. The van der Waals surface area contributed by atoms with E-state index >= 15 is 0 Å². The van der Waals surface area contributed by atoms with Crippen LogP contribution in [0.3, 0.4) is 0 Å². The lowest BCUT2D eigenvalue weighted by Gasteiger charge is -2.22. The normalized spacial score (nSPS) is 11.7. The van der Waals surface area contributed by atoms with Gasteiger partial charge in [-0.25, -0.2) is 9.78 Å². The van der Waals surface area contributed by atoms with Crippen molar-refractivity contribution >= 4 is 11.7 Å². The minimum Gasteiger partial charge on any atom is -0.436 e. The average Bonchev–Trinajstić information content (AvgIpc) is 3.03. The van der Waals surface area contributed by atoms with Gasteiger partial charge >= 0.3 is 6.09 Å². The van der Waals surface area contributed by atoms with Gasteiger partial charge < -0.3 is 14.5 Å². The van der Waals surface area contributed by atoms with Gasteiger partial charge in [0.2, 0.25) is 0 Å². The Kier molecular flexibility index (Phi) is 4.71. The number of pyridine rings is 1. The number of alkyl carbamates (subject to hydrolysis) is 1. The number of aromatic nitrogens is 2. The van der Waals surface area contributed by atoms with Gasteiger partial charge in [0.1, 0.15) is 11.7 Å². The van der Waals surface area contributed by atoms with Gasteiger partial charge in [0.15, 0.2) is 6.61 Å². The number of benzene rings is 1. The Hall–Kier alpha value is -3.26. The summed E-state index contributed by atoms with van der Waals surface area (Å²) in [6, 6.07) is 11.4. The first-order chi connectivity index (χ1) is 12.1. The maximum absolute atomic E-state index is 12.2. The number of carbonyl (C=O) groups is 1. The van der Waals surface area contributed by atoms with Crippen molar-refractivity contribution in [2.24, 2.45) is 0 Å². The molecule has 0 saturated heterocycles. The molecule has 3 aromatic rings. The van der Waals surface area contributed by atoms with Crippen LogP contribution in [-0.4, -0.2) is 22.1 Å². The number of rotatable bonds is 4. The Labute approximate surface area is 146 Å². The number of aryl methyl sites for hydroxylation is 2. The van der Waals surface area contributed by atoms with Crippen LogP contribution in [0.15, 0.2) is 48.8 Å². The van der Waals surface area contributed by atoms with Gasteiger partial charge in [-0.15, -0.1) is 6.42 Å². The minimum absolute atomic E-state index is 0.0710. The zero-order valence-corrected chi connectivity index (χ0v) is 14.2. The van der Waals surface area contributed by atoms with Crippen molar-refractivity contribution in [1.29, 1.82) is 0 Å². The van der Waals surface area contributed by atoms with Crippen LogP contribution < -0.4 is 5.32 Å². The summed E-state index contributed by atoms with van der Waals surface area (Å²) in [6.45, 7) is 3.97. The van der Waals surface area contributed by atoms with E-state index in [-0.39, 0.29) is 6.61 Å². The summed E-state index contributed by atoms with van der Waals surface area (Å²) in [7, 11) is 0. The van der Waals surface area contributed by atoms with Crippen molar-refractivity contribution in [1.82, 2.24) is 14.7 Å². The highest BCUT2D eigenvalue weighted by molar-refractivity contribution is 5.69. The maximum atomic E-state index is 12.2. The van der Waals surface area contributed by atoms with E-state index in [0.717, 1.165) is 28.0 Å². The molecule has 1 unspecified atom stereocenters. The fourth-order valence-electron chi connectivity index (χ4n) is 3.01. The van der Waals surface area contributed by atoms with Gasteiger partial charge in [0, 0.05) is 6.20 Å². The third kappa shape index (κ3) is 3.33. The van der Waals surface area contributed by atoms with Crippen LogP contribution >= 0.6 is 0 Å². The van der Waals surface area contributed by atoms with E-state index in [0.29, 0.717) is 0 Å². The second-order valence-electron chi connectivity index (χ2n) is 5.77. The number of nitrogens with one attached hydrogen (secondary N) is 1. The zero-order chi connectivity index (χ0) is 17.8. The topological polar surface area (TPSA) is 55.6 Å². The molecule has 0 aliphatic carbocycles. The molecule has 0 saturated carbocycles. The summed E-state index contributed by atoms with van der Waals surface area (Å²) >= 11 is 0. The molecular formula is C20H19N3O2. The third-order valence-electron chi connectivity index (χ3n) is 4.12. The summed E-state index contributed by atoms with van der Waals surface area (Å²) in [6.07, 6.45) is 8.30. The fraction of sp³-hybridized carbons (Fsp3) is 0.200. The number of carbonyl (C=O) groups excluding carboxylic acids is 1. The molecule has 0 aliphatic heterocycles. The molecule has 5 nitrogen and oxygen atoms in total. The van der Waals surface area contributed by atoms with Gasteiger partial charge in [-0.3, -0.25) is 0 Å². The highest BCUT2D eigenvalue weighted by atomic mass is 16.5. The molecule has 5 heteroatoms. The first kappa shape index (κ1) is 16.6. The number of terminal acetylenes is 1. The number of amides is 1. The van der Waals surface area contributed by atoms with E-state index < -0.39 is 12.1 Å². The summed E-state index contributed by atoms with van der Waals surface area (Å²) in [5, 5.41) is 2.93. The van der Waals surface area contributed by atoms with E-state index in [1.165, 1.54) is 0 Å². The lowest BCUT2D eigenvalue weighted by atomic mass is 9.94. The third-order valence-corrected chi connectivity index (χ3v) is 4.12. The first-order valence-electron chi connectivity index (χ1n) is 7.96. The molecule has 25 heavy (non-hydrogen) atoms. The molecule has 1 N–H and O–H groups in total. The Morgan fingerprint density at radius 2 is 2.04 bits per heavy atom. The molecule has 0 fully saturated rings. The van der Waals surface area contributed by atoms with E-state index in [4.69, 9.17) is 11.2 Å². The standard InChI is InChI=1S/C20H19N3O2/c1-4-12-25-20(24)22-19(18-14(2)8-7-9-15(18)3)16-13-21-17-10-5-6-11-23(16)17/h1,5-11,13,19H,12H2,2-3H3,(H,22,24). The Morgan fingerprint density at radius 3 is 2.76 bits per heavy atom. The van der Waals surface area contributed by atoms with Crippen LogP contribution in [-0.2, 0) is 4.74 Å². The smallest absolute Gasteiger partial charge is 0.408 e. The second-order valence-corrected chi connectivity index (χ2v) is 5.77. The van der Waals surface area contributed by atoms with Crippen molar-refractivity contribution in [3.63, 3.8) is 0 Å². The predicted molar refractivity (Wildman–Crippen MR) is 96.3 cm³/mol. The van der Waals surface area contributed by atoms with Crippen LogP contribution in [0.4, 0.5) is 4.79 Å². The minimum atomic E-state index is -0.559. The fourth-order valence-corrected chi connectivity index (χ4v) is 3.01. The number of ether oxygens (including phenoxy) is 1. The quantitative estimate of drug-likeness (QED) is 0.745. The molecule has 1 amide bonds. The second kappa shape index (κ2) is 7.10. The largest absolute Gasteiger partial charge is 0.436 e. The predicted octanol–water partition coefficient (Wildman–Crippen LogP) is 3.40. The molecule has 0 radical (unpaired) electrons. The molecule has 3 rings (SSSR count). The lowest BCUT2D eigenvalue weighted by Crippen LogP contribution is -2.31. The van der Waals surface area contributed by atoms with Crippen molar-refractivity contribution in [3.05, 3.63) is 71.2 Å². The van der Waals surface area contributed by atoms with Gasteiger partial charge in [-0.1, -0.05) is 30.2 Å². The Morgan fingerprint density at radius 1 is 1.28 bits per heavy atom. The summed E-state index contributed by atoms with van der Waals surface area (Å²) in [5.41, 5.74) is 4.84. The molecule has 0 aliphatic rings. The maximum Gasteiger partial charge on any atom is 0.408 e. The average molecular weight is 333 g/mol. The molecule has 0 bridgehead atoms. The van der Waals surface area contributed by atoms with Crippen LogP contribution in [0.1, 0.15) is 28.4 Å². The van der Waals surface area contributed by atoms with Crippen LogP contribution in [0.2, 0.25) is 0 Å². The van der Waals surface area contributed by atoms with E-state index in [1.54, 1.807) is 6.20 Å². The van der Waals surface area contributed by atoms with Gasteiger partial charge in [-0.2, -0.15) is 0 Å². The SMILES string of the molecule is C#CCOC(=O)NC(c1c(C)cccc1C)c1cnc2ccccn12. The van der Waals surface area contributed by atoms with Crippen LogP contribution in [0.5, 0.6) is 0 Å². The van der Waals surface area contributed by atoms with Crippen molar-refractivity contribution in [2.75, 3.05) is 6.61 Å². The van der Waals surface area contributed by atoms with Crippen molar-refractivity contribution < 1.29 is 9.53 Å². The number of nitrogens with zero attached hydrogens (tertiary/aromatic N) is 2. The van der Waals surface area contributed by atoms with Crippen molar-refractivity contribution in [3.8, 4) is 12.3 Å². The number of hydrogen-bond donors (Lipinski definition) is 1. The Bertz CT molecular complexity index is 933. The first-order valence-corrected chi connectivity index (χ1v) is 7.96. The van der Waals surface area contributed by atoms with Crippen molar-refractivity contribution in [2.45, 2.75) is 19.9 Å². The van der Waals surface area contributed by atoms with Crippen LogP contribution in [0.25, 0.3) is 5.65 Å². The summed E-state index contributed by atoms with van der Waals surface area (Å²) < 4.78 is 6.97. The number of imidazole rings is 1. The molecule has 2 heterocycles. The highest BCUT2D eigenvalue weighted by Crippen LogP contribution is 2.28. The summed E-state index contributed by atoms with van der Waals surface area (Å²) in [4.78, 5) is 16.6. The van der Waals surface area contributed by atoms with Crippen LogP contribution in [0, 0.1) is 26.2 Å². The molecule has 1 atom stereocenters. The zero-order valence-electron chi connectivity index (χ0n) is 14.2. The van der Waals surface area contributed by atoms with Gasteiger partial charge in [0.05, 0.1) is 11.9 Å². The Balaban J connectivity index is 2.09. The molecule has 1 aromatic carbocycles. The van der Waals surface area contributed by atoms with Gasteiger partial charge in [-0.05, 0) is 42.7 Å². The van der Waals surface area contributed by atoms with E-state index in [1.807, 2.05) is 60.8 Å². The van der Waals surface area contributed by atoms with Gasteiger partial charge in [0.25, 0.3) is 0 Å². The molecular weight excluding hydrogens is 314 g/mol. The van der Waals surface area contributed by atoms with E-state index in [9.17, 15) is 4.79 Å². The van der Waals surface area contributed by atoms with E-state index in [2.05, 4.69) is 16.2 Å². The molecule has 0 spiro atoms. The lowest BCUT2D eigenvalue weighted by molar-refractivity contribution is 0.157. The monoisotopic (exact) mass is 333 g/mol. The summed E-state index contributed by atoms with van der Waals surface area (Å²) in [5.74, 6) is 2.30. The highest BCUT2D eigenvalue weighted by Gasteiger charge is 2.24. The molecule has 126 valence electrons.